The van der Waals surface area contributed by atoms with Crippen molar-refractivity contribution in [2.24, 2.45) is 35.5 Å². The zero-order chi connectivity index (χ0) is 20.0. The predicted octanol–water partition coefficient (Wildman–Crippen LogP) is 9.03. The number of hydrogen-bond donors (Lipinski definition) is 0. The molecule has 0 radical (unpaired) electrons. The molecule has 0 aromatic carbocycles. The molecule has 0 atom stereocenters. The van der Waals surface area contributed by atoms with Crippen LogP contribution in [0, 0.1) is 35.5 Å². The van der Waals surface area contributed by atoms with E-state index in [0.717, 1.165) is 36.0 Å². The van der Waals surface area contributed by atoms with Crippen LogP contribution in [-0.4, -0.2) is 5.92 Å². The first kappa shape index (κ1) is 22.5. The highest BCUT2D eigenvalue weighted by molar-refractivity contribution is 4.86. The minimum Gasteiger partial charge on any atom is -0.207 e. The van der Waals surface area contributed by atoms with Gasteiger partial charge in [0.15, 0.2) is 0 Å². The Morgan fingerprint density at radius 3 is 1.29 bits per heavy atom. The standard InChI is InChI=1S/C26H46F2/c1-3-5-20-6-10-22(11-7-20)24-14-16-25(17-15-24)23-12-8-21(9-13-23)18-19-26(27,28)4-2/h20-25H,3-19H2,1-2H3. The SMILES string of the molecule is CCCC1CCC(C2CCC(C3CCC(CCC(F)(F)CC)CC3)CC2)CC1. The summed E-state index contributed by atoms with van der Waals surface area (Å²) >= 11 is 0. The molecule has 0 bridgehead atoms. The molecule has 3 saturated carbocycles. The molecule has 28 heavy (non-hydrogen) atoms. The normalized spacial score (nSPS) is 37.7. The van der Waals surface area contributed by atoms with Gasteiger partial charge < -0.3 is 0 Å². The monoisotopic (exact) mass is 396 g/mol. The number of alkyl halides is 2. The quantitative estimate of drug-likeness (QED) is 0.384. The predicted molar refractivity (Wildman–Crippen MR) is 116 cm³/mol. The van der Waals surface area contributed by atoms with Crippen molar-refractivity contribution in [1.29, 1.82) is 0 Å². The van der Waals surface area contributed by atoms with Crippen LogP contribution >= 0.6 is 0 Å². The Morgan fingerprint density at radius 2 is 0.929 bits per heavy atom. The van der Waals surface area contributed by atoms with E-state index in [9.17, 15) is 8.78 Å². The number of hydrogen-bond acceptors (Lipinski definition) is 0. The number of halogens is 2. The third-order valence-electron chi connectivity index (χ3n) is 9.07. The second-order valence-electron chi connectivity index (χ2n) is 10.8. The topological polar surface area (TPSA) is 0 Å². The molecule has 0 nitrogen and oxygen atoms in total. The van der Waals surface area contributed by atoms with Crippen LogP contribution in [-0.2, 0) is 0 Å². The van der Waals surface area contributed by atoms with E-state index in [1.54, 1.807) is 6.92 Å². The molecule has 0 unspecified atom stereocenters. The van der Waals surface area contributed by atoms with Crippen molar-refractivity contribution in [3.63, 3.8) is 0 Å². The van der Waals surface area contributed by atoms with Gasteiger partial charge in [0, 0.05) is 12.8 Å². The second-order valence-corrected chi connectivity index (χ2v) is 10.8. The summed E-state index contributed by atoms with van der Waals surface area (Å²) in [4.78, 5) is 0. The molecular formula is C26H46F2. The highest BCUT2D eigenvalue weighted by atomic mass is 19.3. The van der Waals surface area contributed by atoms with Gasteiger partial charge in [-0.05, 0) is 93.3 Å². The van der Waals surface area contributed by atoms with Gasteiger partial charge in [-0.3, -0.25) is 0 Å². The summed E-state index contributed by atoms with van der Waals surface area (Å²) in [5.41, 5.74) is 0. The first-order chi connectivity index (χ1) is 13.5. The third kappa shape index (κ3) is 6.43. The molecule has 3 aliphatic rings. The van der Waals surface area contributed by atoms with Crippen molar-refractivity contribution in [2.45, 2.75) is 129 Å². The van der Waals surface area contributed by atoms with Crippen LogP contribution in [0.25, 0.3) is 0 Å². The van der Waals surface area contributed by atoms with E-state index in [2.05, 4.69) is 6.92 Å². The van der Waals surface area contributed by atoms with Gasteiger partial charge >= 0.3 is 0 Å². The molecule has 0 aromatic heterocycles. The van der Waals surface area contributed by atoms with E-state index in [0.29, 0.717) is 5.92 Å². The Labute approximate surface area is 173 Å². The fourth-order valence-corrected chi connectivity index (χ4v) is 6.98. The molecule has 0 amide bonds. The van der Waals surface area contributed by atoms with Crippen LogP contribution < -0.4 is 0 Å². The summed E-state index contributed by atoms with van der Waals surface area (Å²) < 4.78 is 27.1. The van der Waals surface area contributed by atoms with E-state index < -0.39 is 5.92 Å². The Morgan fingerprint density at radius 1 is 0.571 bits per heavy atom. The smallest absolute Gasteiger partial charge is 0.207 e. The molecule has 0 spiro atoms. The fraction of sp³-hybridized carbons (Fsp3) is 1.00. The minimum absolute atomic E-state index is 0.00579. The Balaban J connectivity index is 1.33. The van der Waals surface area contributed by atoms with Crippen LogP contribution in [0.3, 0.4) is 0 Å². The van der Waals surface area contributed by atoms with Gasteiger partial charge in [-0.25, -0.2) is 8.78 Å². The molecular weight excluding hydrogens is 350 g/mol. The Bertz CT molecular complexity index is 422. The molecule has 3 fully saturated rings. The van der Waals surface area contributed by atoms with Crippen LogP contribution in [0.5, 0.6) is 0 Å². The molecule has 0 heterocycles. The molecule has 164 valence electrons. The fourth-order valence-electron chi connectivity index (χ4n) is 6.98. The lowest BCUT2D eigenvalue weighted by Gasteiger charge is -2.41. The molecule has 3 aliphatic carbocycles. The van der Waals surface area contributed by atoms with Crippen LogP contribution in [0.15, 0.2) is 0 Å². The van der Waals surface area contributed by atoms with Gasteiger partial charge in [0.25, 0.3) is 0 Å². The average molecular weight is 397 g/mol. The van der Waals surface area contributed by atoms with Crippen molar-refractivity contribution < 1.29 is 8.78 Å². The summed E-state index contributed by atoms with van der Waals surface area (Å²) in [6.45, 7) is 3.95. The first-order valence-electron chi connectivity index (χ1n) is 12.9. The molecule has 0 aromatic rings. The van der Waals surface area contributed by atoms with Crippen molar-refractivity contribution in [3.8, 4) is 0 Å². The Kier molecular flexibility index (Phi) is 8.66. The largest absolute Gasteiger partial charge is 0.247 e. The lowest BCUT2D eigenvalue weighted by atomic mass is 9.64. The van der Waals surface area contributed by atoms with Gasteiger partial charge in [0.05, 0.1) is 0 Å². The van der Waals surface area contributed by atoms with Crippen molar-refractivity contribution in [1.82, 2.24) is 0 Å². The van der Waals surface area contributed by atoms with Crippen molar-refractivity contribution in [2.75, 3.05) is 0 Å². The van der Waals surface area contributed by atoms with E-state index in [1.165, 1.54) is 89.9 Å². The molecule has 3 rings (SSSR count). The zero-order valence-corrected chi connectivity index (χ0v) is 18.7. The molecule has 0 N–H and O–H groups in total. The van der Waals surface area contributed by atoms with E-state index in [-0.39, 0.29) is 12.8 Å². The summed E-state index contributed by atoms with van der Waals surface area (Å²) in [6.07, 6.45) is 20.7. The maximum absolute atomic E-state index is 13.5. The summed E-state index contributed by atoms with van der Waals surface area (Å²) in [7, 11) is 0. The Hall–Kier alpha value is -0.140. The van der Waals surface area contributed by atoms with E-state index >= 15 is 0 Å². The second kappa shape index (κ2) is 10.8. The average Bonchev–Trinajstić information content (AvgIpc) is 2.74. The lowest BCUT2D eigenvalue weighted by molar-refractivity contribution is -0.0194. The maximum atomic E-state index is 13.5. The highest BCUT2D eigenvalue weighted by Crippen LogP contribution is 2.46. The van der Waals surface area contributed by atoms with Gasteiger partial charge in [0.1, 0.15) is 0 Å². The molecule has 0 saturated heterocycles. The molecule has 2 heteroatoms. The van der Waals surface area contributed by atoms with Gasteiger partial charge in [-0.2, -0.15) is 0 Å². The molecule has 0 aliphatic heterocycles. The van der Waals surface area contributed by atoms with E-state index in [1.807, 2.05) is 0 Å². The maximum Gasteiger partial charge on any atom is 0.247 e. The lowest BCUT2D eigenvalue weighted by Crippen LogP contribution is -2.30. The van der Waals surface area contributed by atoms with Crippen molar-refractivity contribution >= 4 is 0 Å². The van der Waals surface area contributed by atoms with E-state index in [4.69, 9.17) is 0 Å². The minimum atomic E-state index is -2.43. The van der Waals surface area contributed by atoms with Crippen LogP contribution in [0.1, 0.15) is 123 Å². The van der Waals surface area contributed by atoms with Gasteiger partial charge in [-0.1, -0.05) is 52.4 Å². The summed E-state index contributed by atoms with van der Waals surface area (Å²) in [5.74, 6) is 3.09. The summed E-state index contributed by atoms with van der Waals surface area (Å²) in [6, 6.07) is 0. The van der Waals surface area contributed by atoms with Crippen molar-refractivity contribution in [3.05, 3.63) is 0 Å². The zero-order valence-electron chi connectivity index (χ0n) is 18.7. The highest BCUT2D eigenvalue weighted by Gasteiger charge is 2.35. The van der Waals surface area contributed by atoms with Gasteiger partial charge in [0.2, 0.25) is 5.92 Å². The number of rotatable bonds is 8. The first-order valence-corrected chi connectivity index (χ1v) is 12.9. The van der Waals surface area contributed by atoms with Gasteiger partial charge in [-0.15, -0.1) is 0 Å². The third-order valence-corrected chi connectivity index (χ3v) is 9.07. The van der Waals surface area contributed by atoms with Crippen LogP contribution in [0.4, 0.5) is 8.78 Å². The summed E-state index contributed by atoms with van der Waals surface area (Å²) in [5, 5.41) is 0. The van der Waals surface area contributed by atoms with Crippen LogP contribution in [0.2, 0.25) is 0 Å².